The molecule has 0 saturated heterocycles. The van der Waals surface area contributed by atoms with Crippen molar-refractivity contribution in [2.24, 2.45) is 0 Å². The van der Waals surface area contributed by atoms with Crippen molar-refractivity contribution in [1.29, 1.82) is 0 Å². The van der Waals surface area contributed by atoms with Gasteiger partial charge in [0.05, 0.1) is 0 Å². The molecule has 0 N–H and O–H groups in total. The highest BCUT2D eigenvalue weighted by atomic mass is 32.2. The average Bonchev–Trinajstić information content (AvgIpc) is 2.72. The van der Waals surface area contributed by atoms with Crippen LogP contribution in [-0.2, 0) is 18.1 Å². The number of ether oxygens (including phenoxy) is 1. The van der Waals surface area contributed by atoms with Gasteiger partial charge in [-0.2, -0.15) is 0 Å². The Morgan fingerprint density at radius 1 is 0.931 bits per heavy atom. The monoisotopic (exact) mass is 442 g/mol. The molecule has 0 aliphatic carbocycles. The van der Waals surface area contributed by atoms with Crippen LogP contribution in [0.4, 0.5) is 0 Å². The van der Waals surface area contributed by atoms with Gasteiger partial charge in [0.2, 0.25) is 5.12 Å². The molecule has 7 heteroatoms. The van der Waals surface area contributed by atoms with Crippen LogP contribution in [0.25, 0.3) is 0 Å². The number of thioether (sulfide) groups is 1. The summed E-state index contributed by atoms with van der Waals surface area (Å²) in [5.41, 5.74) is 0. The van der Waals surface area contributed by atoms with Crippen molar-refractivity contribution >= 4 is 25.7 Å². The maximum Gasteiger partial charge on any atom is 0.500 e. The van der Waals surface area contributed by atoms with E-state index in [1.165, 1.54) is 18.2 Å². The molecule has 1 rings (SSSR count). The third kappa shape index (κ3) is 11.2. The number of benzene rings is 1. The largest absolute Gasteiger partial charge is 0.500 e. The Balaban J connectivity index is 2.65. The molecule has 0 aromatic heterocycles. The molecule has 1 aromatic rings. The molecule has 1 aromatic carbocycles. The molecule has 29 heavy (non-hydrogen) atoms. The van der Waals surface area contributed by atoms with Crippen molar-refractivity contribution in [3.63, 3.8) is 0 Å². The van der Waals surface area contributed by atoms with E-state index >= 15 is 0 Å². The Kier molecular flexibility index (Phi) is 14.4. The molecule has 1 atom stereocenters. The predicted molar refractivity (Wildman–Crippen MR) is 123 cm³/mol. The minimum atomic E-state index is -2.68. The molecule has 0 spiro atoms. The number of rotatable bonds is 17. The van der Waals surface area contributed by atoms with E-state index in [-0.39, 0.29) is 17.0 Å². The van der Waals surface area contributed by atoms with Gasteiger partial charge in [0.25, 0.3) is 0 Å². The molecular weight excluding hydrogens is 404 g/mol. The standard InChI is InChI=1S/C22H38O5SSi/c1-5-9-11-16-21(17-18-29(25-6-2,26-7-3)27-8-4)28-22(23)19-24-20-14-12-10-13-15-20/h10,12-15,21H,5-9,11,16-19H2,1-4H3. The van der Waals surface area contributed by atoms with Crippen LogP contribution in [-0.4, -0.2) is 45.6 Å². The maximum atomic E-state index is 12.5. The Hall–Kier alpha value is -0.863. The highest BCUT2D eigenvalue weighted by Crippen LogP contribution is 2.28. The fourth-order valence-electron chi connectivity index (χ4n) is 3.10. The van der Waals surface area contributed by atoms with Gasteiger partial charge < -0.3 is 18.0 Å². The fourth-order valence-corrected chi connectivity index (χ4v) is 7.03. The van der Waals surface area contributed by atoms with Crippen molar-refractivity contribution < 1.29 is 22.8 Å². The zero-order valence-electron chi connectivity index (χ0n) is 18.5. The smallest absolute Gasteiger partial charge is 0.485 e. The van der Waals surface area contributed by atoms with Crippen molar-refractivity contribution in [2.45, 2.75) is 71.1 Å². The summed E-state index contributed by atoms with van der Waals surface area (Å²) >= 11 is 1.40. The molecule has 5 nitrogen and oxygen atoms in total. The quantitative estimate of drug-likeness (QED) is 0.227. The second-order valence-electron chi connectivity index (χ2n) is 6.73. The molecule has 0 radical (unpaired) electrons. The van der Waals surface area contributed by atoms with E-state index in [9.17, 15) is 4.79 Å². The van der Waals surface area contributed by atoms with Crippen molar-refractivity contribution in [2.75, 3.05) is 26.4 Å². The normalized spacial score (nSPS) is 12.7. The minimum Gasteiger partial charge on any atom is -0.485 e. The van der Waals surface area contributed by atoms with Gasteiger partial charge in [0, 0.05) is 31.1 Å². The van der Waals surface area contributed by atoms with Gasteiger partial charge in [0.15, 0.2) is 6.61 Å². The summed E-state index contributed by atoms with van der Waals surface area (Å²) in [6.45, 7) is 9.91. The van der Waals surface area contributed by atoms with Crippen LogP contribution in [0.2, 0.25) is 6.04 Å². The highest BCUT2D eigenvalue weighted by Gasteiger charge is 2.40. The number of carbonyl (C=O) groups is 1. The van der Waals surface area contributed by atoms with Gasteiger partial charge in [-0.05, 0) is 45.7 Å². The number of carbonyl (C=O) groups excluding carboxylic acids is 1. The third-order valence-corrected chi connectivity index (χ3v) is 8.66. The zero-order chi connectivity index (χ0) is 21.4. The lowest BCUT2D eigenvalue weighted by atomic mass is 10.1. The third-order valence-electron chi connectivity index (χ3n) is 4.39. The van der Waals surface area contributed by atoms with Crippen molar-refractivity contribution in [3.05, 3.63) is 30.3 Å². The molecule has 1 unspecified atom stereocenters. The Morgan fingerprint density at radius 2 is 1.55 bits per heavy atom. The number of hydrogen-bond donors (Lipinski definition) is 0. The fraction of sp³-hybridized carbons (Fsp3) is 0.682. The molecular formula is C22H38O5SSi. The molecule has 166 valence electrons. The first kappa shape index (κ1) is 26.2. The minimum absolute atomic E-state index is 0.0619. The van der Waals surface area contributed by atoms with E-state index in [4.69, 9.17) is 18.0 Å². The van der Waals surface area contributed by atoms with E-state index in [0.717, 1.165) is 37.5 Å². The predicted octanol–water partition coefficient (Wildman–Crippen LogP) is 5.71. The first-order valence-electron chi connectivity index (χ1n) is 10.9. The Morgan fingerprint density at radius 3 is 2.10 bits per heavy atom. The molecule has 0 bridgehead atoms. The van der Waals surface area contributed by atoms with E-state index in [0.29, 0.717) is 19.8 Å². The first-order valence-corrected chi connectivity index (χ1v) is 13.7. The SMILES string of the molecule is CCCCCC(CC[Si](OCC)(OCC)OCC)SC(=O)COc1ccccc1. The van der Waals surface area contributed by atoms with Crippen molar-refractivity contribution in [1.82, 2.24) is 0 Å². The number of hydrogen-bond acceptors (Lipinski definition) is 6. The van der Waals surface area contributed by atoms with E-state index in [1.807, 2.05) is 51.1 Å². The maximum absolute atomic E-state index is 12.5. The summed E-state index contributed by atoms with van der Waals surface area (Å²) < 4.78 is 23.5. The van der Waals surface area contributed by atoms with Gasteiger partial charge >= 0.3 is 8.80 Å². The molecule has 0 aliphatic heterocycles. The van der Waals surface area contributed by atoms with Crippen LogP contribution >= 0.6 is 11.8 Å². The van der Waals surface area contributed by atoms with E-state index < -0.39 is 8.80 Å². The van der Waals surface area contributed by atoms with E-state index in [1.54, 1.807) is 0 Å². The summed E-state index contributed by atoms with van der Waals surface area (Å²) in [4.78, 5) is 12.5. The number of para-hydroxylation sites is 1. The lowest BCUT2D eigenvalue weighted by Gasteiger charge is -2.29. The summed E-state index contributed by atoms with van der Waals surface area (Å²) in [6.07, 6.45) is 5.31. The van der Waals surface area contributed by atoms with Crippen LogP contribution < -0.4 is 4.74 Å². The van der Waals surface area contributed by atoms with Crippen LogP contribution in [0.3, 0.4) is 0 Å². The Labute approximate surface area is 182 Å². The summed E-state index contributed by atoms with van der Waals surface area (Å²) in [5, 5.41) is 0.286. The van der Waals surface area contributed by atoms with E-state index in [2.05, 4.69) is 6.92 Å². The van der Waals surface area contributed by atoms with Crippen LogP contribution in [0.1, 0.15) is 59.8 Å². The highest BCUT2D eigenvalue weighted by molar-refractivity contribution is 8.14. The topological polar surface area (TPSA) is 54.0 Å². The summed E-state index contributed by atoms with van der Waals surface area (Å²) in [7, 11) is -2.68. The van der Waals surface area contributed by atoms with Crippen LogP contribution in [0, 0.1) is 0 Å². The van der Waals surface area contributed by atoms with Gasteiger partial charge in [-0.1, -0.05) is 56.1 Å². The second kappa shape index (κ2) is 15.9. The zero-order valence-corrected chi connectivity index (χ0v) is 20.3. The molecule has 0 heterocycles. The lowest BCUT2D eigenvalue weighted by molar-refractivity contribution is -0.112. The first-order chi connectivity index (χ1) is 14.1. The summed E-state index contributed by atoms with van der Waals surface area (Å²) in [5.74, 6) is 0.722. The summed E-state index contributed by atoms with van der Waals surface area (Å²) in [6, 6.07) is 10.2. The van der Waals surface area contributed by atoms with Gasteiger partial charge in [0.1, 0.15) is 5.75 Å². The van der Waals surface area contributed by atoms with Gasteiger partial charge in [-0.3, -0.25) is 4.79 Å². The van der Waals surface area contributed by atoms with Crippen LogP contribution in [0.5, 0.6) is 5.75 Å². The van der Waals surface area contributed by atoms with Gasteiger partial charge in [-0.25, -0.2) is 0 Å². The molecule has 0 fully saturated rings. The Bertz CT molecular complexity index is 526. The molecule has 0 aliphatic rings. The number of unbranched alkanes of at least 4 members (excludes halogenated alkanes) is 2. The van der Waals surface area contributed by atoms with Gasteiger partial charge in [-0.15, -0.1) is 0 Å². The average molecular weight is 443 g/mol. The lowest BCUT2D eigenvalue weighted by Crippen LogP contribution is -2.46. The van der Waals surface area contributed by atoms with Crippen molar-refractivity contribution in [3.8, 4) is 5.75 Å². The second-order valence-corrected chi connectivity index (χ2v) is 10.8. The molecule has 0 saturated carbocycles. The molecule has 0 amide bonds. The van der Waals surface area contributed by atoms with Crippen LogP contribution in [0.15, 0.2) is 30.3 Å².